The highest BCUT2D eigenvalue weighted by Gasteiger charge is 2.00. The normalized spacial score (nSPS) is 10.3. The molecular weight excluding hydrogens is 339 g/mol. The topological polar surface area (TPSA) is 58.3 Å². The number of aliphatic hydroxyl groups excluding tert-OH is 1. The maximum Gasteiger partial charge on any atom is 0.0681 e. The predicted octanol–water partition coefficient (Wildman–Crippen LogP) is 2.98. The molecule has 0 heterocycles. The molecule has 0 aliphatic carbocycles. The Hall–Kier alpha value is -1.27. The fraction of sp³-hybridized carbons (Fsp3) is 0.143. The molecule has 0 fully saturated rings. The number of hydrogen-bond acceptors (Lipinski definition) is 3. The molecule has 3 nitrogen and oxygen atoms in total. The number of nitrogens with two attached hydrogens (primary N) is 1. The van der Waals surface area contributed by atoms with E-state index in [1.807, 2.05) is 42.5 Å². The number of benzene rings is 2. The van der Waals surface area contributed by atoms with Crippen LogP contribution in [0.3, 0.4) is 0 Å². The summed E-state index contributed by atoms with van der Waals surface area (Å²) < 4.78 is 1.12. The van der Waals surface area contributed by atoms with Gasteiger partial charge in [0.15, 0.2) is 0 Å². The van der Waals surface area contributed by atoms with Crippen molar-refractivity contribution in [2.24, 2.45) is 0 Å². The molecule has 0 bridgehead atoms. The molecular formula is C14H15IN2O. The maximum atomic E-state index is 9.08. The summed E-state index contributed by atoms with van der Waals surface area (Å²) in [7, 11) is 0. The SMILES string of the molecule is Nc1cc(I)ccc1NCc1cccc(CO)c1. The predicted molar refractivity (Wildman–Crippen MR) is 83.3 cm³/mol. The van der Waals surface area contributed by atoms with Gasteiger partial charge in [0.1, 0.15) is 0 Å². The van der Waals surface area contributed by atoms with Crippen molar-refractivity contribution in [2.45, 2.75) is 13.2 Å². The van der Waals surface area contributed by atoms with E-state index in [0.717, 1.165) is 26.1 Å². The van der Waals surface area contributed by atoms with Crippen molar-refractivity contribution in [3.63, 3.8) is 0 Å². The Bertz CT molecular complexity index is 543. The molecule has 4 heteroatoms. The minimum absolute atomic E-state index is 0.0690. The summed E-state index contributed by atoms with van der Waals surface area (Å²) in [6.45, 7) is 0.762. The first-order chi connectivity index (χ1) is 8.69. The molecule has 0 aromatic heterocycles. The number of nitrogens with one attached hydrogen (secondary N) is 1. The van der Waals surface area contributed by atoms with Crippen LogP contribution in [0.2, 0.25) is 0 Å². The van der Waals surface area contributed by atoms with Crippen LogP contribution < -0.4 is 11.1 Å². The summed E-state index contributed by atoms with van der Waals surface area (Å²) >= 11 is 2.24. The van der Waals surface area contributed by atoms with Gasteiger partial charge in [-0.2, -0.15) is 0 Å². The molecule has 0 amide bonds. The second-order valence-electron chi connectivity index (χ2n) is 4.06. The third kappa shape index (κ3) is 3.36. The molecule has 0 saturated carbocycles. The Morgan fingerprint density at radius 2 is 1.89 bits per heavy atom. The lowest BCUT2D eigenvalue weighted by molar-refractivity contribution is 0.281. The molecule has 94 valence electrons. The van der Waals surface area contributed by atoms with Crippen LogP contribution in [0.4, 0.5) is 11.4 Å². The van der Waals surface area contributed by atoms with Gasteiger partial charge in [0.2, 0.25) is 0 Å². The first kappa shape index (κ1) is 13.2. The zero-order chi connectivity index (χ0) is 13.0. The first-order valence-electron chi connectivity index (χ1n) is 5.66. The zero-order valence-corrected chi connectivity index (χ0v) is 12.0. The molecule has 0 aliphatic heterocycles. The second kappa shape index (κ2) is 6.06. The van der Waals surface area contributed by atoms with Crippen molar-refractivity contribution < 1.29 is 5.11 Å². The van der Waals surface area contributed by atoms with Crippen molar-refractivity contribution >= 4 is 34.0 Å². The van der Waals surface area contributed by atoms with E-state index in [4.69, 9.17) is 10.8 Å². The Morgan fingerprint density at radius 1 is 1.11 bits per heavy atom. The average molecular weight is 354 g/mol. The van der Waals surface area contributed by atoms with Crippen LogP contribution >= 0.6 is 22.6 Å². The molecule has 2 aromatic carbocycles. The van der Waals surface area contributed by atoms with E-state index in [9.17, 15) is 0 Å². The number of nitrogen functional groups attached to an aromatic ring is 1. The van der Waals surface area contributed by atoms with Gasteiger partial charge in [-0.05, 0) is 51.9 Å². The maximum absolute atomic E-state index is 9.08. The lowest BCUT2D eigenvalue weighted by atomic mass is 10.1. The van der Waals surface area contributed by atoms with Gasteiger partial charge < -0.3 is 16.2 Å². The molecule has 4 N–H and O–H groups in total. The van der Waals surface area contributed by atoms with Crippen LogP contribution in [0.25, 0.3) is 0 Å². The van der Waals surface area contributed by atoms with Crippen LogP contribution in [-0.4, -0.2) is 5.11 Å². The van der Waals surface area contributed by atoms with Gasteiger partial charge in [-0.25, -0.2) is 0 Å². The highest BCUT2D eigenvalue weighted by Crippen LogP contribution is 2.21. The molecule has 0 unspecified atom stereocenters. The lowest BCUT2D eigenvalue weighted by Gasteiger charge is -2.10. The monoisotopic (exact) mass is 354 g/mol. The third-order valence-electron chi connectivity index (χ3n) is 2.67. The number of halogens is 1. The Balaban J connectivity index is 2.06. The molecule has 0 radical (unpaired) electrons. The van der Waals surface area contributed by atoms with E-state index in [1.165, 1.54) is 0 Å². The number of rotatable bonds is 4. The molecule has 0 aliphatic rings. The zero-order valence-electron chi connectivity index (χ0n) is 9.86. The number of hydrogen-bond donors (Lipinski definition) is 3. The third-order valence-corrected chi connectivity index (χ3v) is 3.34. The molecule has 2 aromatic rings. The summed E-state index contributed by atoms with van der Waals surface area (Å²) in [5.41, 5.74) is 9.67. The molecule has 2 rings (SSSR count). The van der Waals surface area contributed by atoms with E-state index in [-0.39, 0.29) is 6.61 Å². The van der Waals surface area contributed by atoms with Gasteiger partial charge in [-0.3, -0.25) is 0 Å². The highest BCUT2D eigenvalue weighted by atomic mass is 127. The van der Waals surface area contributed by atoms with Crippen LogP contribution in [0.1, 0.15) is 11.1 Å². The molecule has 0 atom stereocenters. The van der Waals surface area contributed by atoms with E-state index >= 15 is 0 Å². The Morgan fingerprint density at radius 3 is 2.61 bits per heavy atom. The van der Waals surface area contributed by atoms with E-state index in [1.54, 1.807) is 0 Å². The number of anilines is 2. The van der Waals surface area contributed by atoms with Gasteiger partial charge in [-0.1, -0.05) is 24.3 Å². The minimum atomic E-state index is 0.0690. The van der Waals surface area contributed by atoms with Crippen molar-refractivity contribution in [3.05, 3.63) is 57.2 Å². The van der Waals surface area contributed by atoms with Crippen LogP contribution in [-0.2, 0) is 13.2 Å². The van der Waals surface area contributed by atoms with Gasteiger partial charge >= 0.3 is 0 Å². The van der Waals surface area contributed by atoms with Crippen LogP contribution in [0.15, 0.2) is 42.5 Å². The summed E-state index contributed by atoms with van der Waals surface area (Å²) in [4.78, 5) is 0. The van der Waals surface area contributed by atoms with Crippen LogP contribution in [0, 0.1) is 3.57 Å². The molecule has 18 heavy (non-hydrogen) atoms. The smallest absolute Gasteiger partial charge is 0.0681 e. The largest absolute Gasteiger partial charge is 0.397 e. The minimum Gasteiger partial charge on any atom is -0.397 e. The van der Waals surface area contributed by atoms with E-state index in [2.05, 4.69) is 27.9 Å². The number of aliphatic hydroxyl groups is 1. The van der Waals surface area contributed by atoms with E-state index in [0.29, 0.717) is 6.54 Å². The highest BCUT2D eigenvalue weighted by molar-refractivity contribution is 14.1. The Labute approximate surface area is 120 Å². The fourth-order valence-electron chi connectivity index (χ4n) is 1.73. The summed E-state index contributed by atoms with van der Waals surface area (Å²) in [6.07, 6.45) is 0. The molecule has 0 spiro atoms. The summed E-state index contributed by atoms with van der Waals surface area (Å²) in [6, 6.07) is 13.8. The fourth-order valence-corrected chi connectivity index (χ4v) is 2.25. The van der Waals surface area contributed by atoms with Crippen molar-refractivity contribution in [3.8, 4) is 0 Å². The quantitative estimate of drug-likeness (QED) is 0.585. The molecule has 0 saturated heterocycles. The summed E-state index contributed by atoms with van der Waals surface area (Å²) in [5, 5.41) is 12.4. The van der Waals surface area contributed by atoms with Gasteiger partial charge in [-0.15, -0.1) is 0 Å². The van der Waals surface area contributed by atoms with Crippen molar-refractivity contribution in [1.82, 2.24) is 0 Å². The van der Waals surface area contributed by atoms with Gasteiger partial charge in [0, 0.05) is 10.1 Å². The van der Waals surface area contributed by atoms with Crippen LogP contribution in [0.5, 0.6) is 0 Å². The first-order valence-corrected chi connectivity index (χ1v) is 6.74. The lowest BCUT2D eigenvalue weighted by Crippen LogP contribution is -2.03. The standard InChI is InChI=1S/C14H15IN2O/c15-12-4-5-14(13(16)7-12)17-8-10-2-1-3-11(6-10)9-18/h1-7,17-18H,8-9,16H2. The van der Waals surface area contributed by atoms with Gasteiger partial charge in [0.25, 0.3) is 0 Å². The van der Waals surface area contributed by atoms with E-state index < -0.39 is 0 Å². The van der Waals surface area contributed by atoms with Crippen molar-refractivity contribution in [2.75, 3.05) is 11.1 Å². The second-order valence-corrected chi connectivity index (χ2v) is 5.31. The Kier molecular flexibility index (Phi) is 4.43. The van der Waals surface area contributed by atoms with Crippen molar-refractivity contribution in [1.29, 1.82) is 0 Å². The van der Waals surface area contributed by atoms with Gasteiger partial charge in [0.05, 0.1) is 18.0 Å². The summed E-state index contributed by atoms with van der Waals surface area (Å²) in [5.74, 6) is 0. The average Bonchev–Trinajstić information content (AvgIpc) is 2.38.